The smallest absolute Gasteiger partial charge is 0.261 e. The number of rotatable bonds is 5. The summed E-state index contributed by atoms with van der Waals surface area (Å²) in [7, 11) is 0. The highest BCUT2D eigenvalue weighted by molar-refractivity contribution is 5.96. The van der Waals surface area contributed by atoms with E-state index < -0.39 is 0 Å². The summed E-state index contributed by atoms with van der Waals surface area (Å²) < 4.78 is 15.9. The molecule has 0 spiro atoms. The number of guanidine groups is 1. The second kappa shape index (κ2) is 10.9. The number of nitrogens with one attached hydrogen (secondary N) is 2. The molecule has 4 fully saturated rings. The molecule has 0 radical (unpaired) electrons. The number of benzene rings is 2. The van der Waals surface area contributed by atoms with Gasteiger partial charge in [-0.25, -0.2) is 14.4 Å². The van der Waals surface area contributed by atoms with Crippen molar-refractivity contribution in [2.24, 2.45) is 28.2 Å². The Kier molecular flexibility index (Phi) is 7.39. The van der Waals surface area contributed by atoms with E-state index >= 15 is 0 Å². The molecular weight excluding hydrogens is 515 g/mol. The lowest BCUT2D eigenvalue weighted by Gasteiger charge is -2.61. The van der Waals surface area contributed by atoms with Crippen molar-refractivity contribution in [2.75, 3.05) is 25.0 Å². The Hall–Kier alpha value is -3.26. The molecule has 3 aromatic rings. The highest BCUT2D eigenvalue weighted by Gasteiger charge is 2.56. The predicted molar refractivity (Wildman–Crippen MR) is 164 cm³/mol. The number of piperazine rings is 1. The Labute approximate surface area is 242 Å². The van der Waals surface area contributed by atoms with Crippen LogP contribution in [0.4, 0.5) is 10.1 Å². The molecule has 3 aliphatic carbocycles. The summed E-state index contributed by atoms with van der Waals surface area (Å²) in [5.41, 5.74) is 3.31. The summed E-state index contributed by atoms with van der Waals surface area (Å²) in [6.07, 6.45) is 4.48. The number of aryl methyl sites for hydroxylation is 3. The lowest BCUT2D eigenvalue weighted by atomic mass is 9.45. The molecule has 2 N–H and O–H groups in total. The molecule has 7 nitrogen and oxygen atoms in total. The molecule has 0 unspecified atom stereocenters. The van der Waals surface area contributed by atoms with E-state index in [4.69, 9.17) is 4.99 Å². The van der Waals surface area contributed by atoms with E-state index in [-0.39, 0.29) is 11.4 Å². The zero-order valence-corrected chi connectivity index (χ0v) is 25.0. The van der Waals surface area contributed by atoms with E-state index in [2.05, 4.69) is 48.2 Å². The van der Waals surface area contributed by atoms with Gasteiger partial charge in [0.25, 0.3) is 5.56 Å². The molecule has 2 aromatic carbocycles. The number of hydrogen-bond acceptors (Lipinski definition) is 4. The topological polar surface area (TPSA) is 74.6 Å². The predicted octanol–water partition coefficient (Wildman–Crippen LogP) is 5.22. The molecule has 218 valence electrons. The Morgan fingerprint density at radius 3 is 2.76 bits per heavy atom. The van der Waals surface area contributed by atoms with Crippen LogP contribution in [0.25, 0.3) is 10.9 Å². The monoisotopic (exact) mass is 558 g/mol. The van der Waals surface area contributed by atoms with Crippen LogP contribution in [-0.4, -0.2) is 52.1 Å². The minimum Gasteiger partial charge on any atom is -0.340 e. The quantitative estimate of drug-likeness (QED) is 0.332. The molecule has 0 amide bonds. The van der Waals surface area contributed by atoms with Crippen LogP contribution in [-0.2, 0) is 13.0 Å². The molecule has 2 heterocycles. The van der Waals surface area contributed by atoms with Crippen molar-refractivity contribution < 1.29 is 4.39 Å². The van der Waals surface area contributed by atoms with Crippen molar-refractivity contribution in [3.8, 4) is 0 Å². The zero-order chi connectivity index (χ0) is 28.9. The number of hydrogen-bond donors (Lipinski definition) is 2. The van der Waals surface area contributed by atoms with Crippen LogP contribution in [0.5, 0.6) is 0 Å². The molecule has 1 aromatic heterocycles. The molecule has 41 heavy (non-hydrogen) atoms. The van der Waals surface area contributed by atoms with Crippen LogP contribution in [0.1, 0.15) is 51.7 Å². The van der Waals surface area contributed by atoms with E-state index in [9.17, 15) is 9.18 Å². The molecule has 4 aliphatic rings. The maximum atomic E-state index is 14.3. The summed E-state index contributed by atoms with van der Waals surface area (Å²) in [6, 6.07) is 11.6. The zero-order valence-electron chi connectivity index (χ0n) is 25.0. The van der Waals surface area contributed by atoms with Crippen molar-refractivity contribution in [1.29, 1.82) is 0 Å². The van der Waals surface area contributed by atoms with Gasteiger partial charge >= 0.3 is 0 Å². The van der Waals surface area contributed by atoms with Crippen LogP contribution in [0.2, 0.25) is 0 Å². The van der Waals surface area contributed by atoms with Crippen molar-refractivity contribution in [3.63, 3.8) is 0 Å². The SMILES string of the molecule is Cc1ccc(CCn2cnc3cc(NC(=N[C@H]4C[C@H]5C[C@@H]([C@@H]4C)C5(C)C)N4CCN[C@@H](C)C4)ccc3c2=O)c(F)c1. The van der Waals surface area contributed by atoms with Gasteiger partial charge in [-0.05, 0) is 91.7 Å². The third-order valence-corrected chi connectivity index (χ3v) is 10.2. The maximum absolute atomic E-state index is 14.3. The van der Waals surface area contributed by atoms with Crippen LogP contribution in [0.15, 0.2) is 52.5 Å². The van der Waals surface area contributed by atoms with E-state index in [0.29, 0.717) is 52.8 Å². The Morgan fingerprint density at radius 2 is 2.02 bits per heavy atom. The van der Waals surface area contributed by atoms with Gasteiger partial charge in [-0.15, -0.1) is 0 Å². The number of aromatic nitrogens is 2. The minimum atomic E-state index is -0.234. The van der Waals surface area contributed by atoms with Crippen LogP contribution < -0.4 is 16.2 Å². The van der Waals surface area contributed by atoms with Crippen LogP contribution in [0.3, 0.4) is 0 Å². The Morgan fingerprint density at radius 1 is 1.20 bits per heavy atom. The summed E-state index contributed by atoms with van der Waals surface area (Å²) in [4.78, 5) is 25.6. The second-order valence-corrected chi connectivity index (χ2v) is 13.2. The fraction of sp³-hybridized carbons (Fsp3) is 0.545. The number of aliphatic imine (C=N–C) groups is 1. The molecule has 1 aliphatic heterocycles. The van der Waals surface area contributed by atoms with Gasteiger partial charge in [-0.3, -0.25) is 9.36 Å². The van der Waals surface area contributed by atoms with Gasteiger partial charge in [0, 0.05) is 37.9 Å². The third-order valence-electron chi connectivity index (χ3n) is 10.2. The molecule has 5 atom stereocenters. The highest BCUT2D eigenvalue weighted by Crippen LogP contribution is 2.61. The molecule has 7 rings (SSSR count). The van der Waals surface area contributed by atoms with E-state index in [1.165, 1.54) is 12.5 Å². The van der Waals surface area contributed by atoms with Gasteiger partial charge in [0.05, 0.1) is 23.3 Å². The van der Waals surface area contributed by atoms with Crippen molar-refractivity contribution >= 4 is 22.5 Å². The number of anilines is 1. The lowest BCUT2D eigenvalue weighted by molar-refractivity contribution is -0.108. The van der Waals surface area contributed by atoms with Gasteiger partial charge in [-0.2, -0.15) is 0 Å². The molecule has 3 saturated carbocycles. The molecule has 8 heteroatoms. The molecule has 1 saturated heterocycles. The van der Waals surface area contributed by atoms with Gasteiger partial charge in [0.1, 0.15) is 5.82 Å². The second-order valence-electron chi connectivity index (χ2n) is 13.2. The standard InChI is InChI=1S/C33H43FN6O/c1-20-6-7-23(28(34)14-20)10-12-40-19-36-30-17-25(8-9-26(30)31(40)41)37-32(39-13-11-35-21(2)18-39)38-29-16-24-15-27(22(29)3)33(24,4)5/h6-9,14,17,19,21-22,24,27,29,35H,10-13,15-16,18H2,1-5H3,(H,37,38)/t21-,22-,24+,27-,29-/m0/s1. The third kappa shape index (κ3) is 5.39. The fourth-order valence-electron chi connectivity index (χ4n) is 7.39. The van der Waals surface area contributed by atoms with E-state index in [0.717, 1.165) is 55.1 Å². The highest BCUT2D eigenvalue weighted by atomic mass is 19.1. The first-order valence-corrected chi connectivity index (χ1v) is 15.2. The molecule has 2 bridgehead atoms. The van der Waals surface area contributed by atoms with E-state index in [1.807, 2.05) is 31.2 Å². The normalized spacial score (nSPS) is 27.5. The summed E-state index contributed by atoms with van der Waals surface area (Å²) >= 11 is 0. The van der Waals surface area contributed by atoms with Crippen LogP contribution in [0, 0.1) is 35.9 Å². The van der Waals surface area contributed by atoms with Crippen molar-refractivity contribution in [3.05, 3.63) is 70.0 Å². The van der Waals surface area contributed by atoms with Gasteiger partial charge in [-0.1, -0.05) is 32.9 Å². The minimum absolute atomic E-state index is 0.114. The lowest BCUT2D eigenvalue weighted by Crippen LogP contribution is -2.57. The van der Waals surface area contributed by atoms with Crippen molar-refractivity contribution in [2.45, 2.75) is 72.5 Å². The average Bonchev–Trinajstić information content (AvgIpc) is 2.94. The number of halogens is 1. The van der Waals surface area contributed by atoms with Crippen LogP contribution >= 0.6 is 0 Å². The average molecular weight is 559 g/mol. The first-order chi connectivity index (χ1) is 19.6. The summed E-state index contributed by atoms with van der Waals surface area (Å²) in [6.45, 7) is 14.4. The Balaban J connectivity index is 1.23. The first-order valence-electron chi connectivity index (χ1n) is 15.2. The summed E-state index contributed by atoms with van der Waals surface area (Å²) in [5, 5.41) is 7.72. The maximum Gasteiger partial charge on any atom is 0.261 e. The number of fused-ring (bicyclic) bond motifs is 3. The van der Waals surface area contributed by atoms with Gasteiger partial charge in [0.2, 0.25) is 0 Å². The van der Waals surface area contributed by atoms with Gasteiger partial charge in [0.15, 0.2) is 5.96 Å². The summed E-state index contributed by atoms with van der Waals surface area (Å²) in [5.74, 6) is 2.71. The Bertz CT molecular complexity index is 1530. The van der Waals surface area contributed by atoms with E-state index in [1.54, 1.807) is 17.0 Å². The largest absolute Gasteiger partial charge is 0.340 e. The number of nitrogens with zero attached hydrogens (tertiary/aromatic N) is 4. The van der Waals surface area contributed by atoms with Crippen molar-refractivity contribution in [1.82, 2.24) is 19.8 Å². The first kappa shape index (κ1) is 27.9. The fourth-order valence-corrected chi connectivity index (χ4v) is 7.39. The van der Waals surface area contributed by atoms with Gasteiger partial charge < -0.3 is 15.5 Å². The molecular formula is C33H43FN6O.